The molecule has 1 aromatic rings. The summed E-state index contributed by atoms with van der Waals surface area (Å²) in [6.45, 7) is 7.00. The van der Waals surface area contributed by atoms with Gasteiger partial charge in [0.1, 0.15) is 0 Å². The molecule has 2 aliphatic rings. The van der Waals surface area contributed by atoms with E-state index in [9.17, 15) is 0 Å². The predicted octanol–water partition coefficient (Wildman–Crippen LogP) is 2.78. The van der Waals surface area contributed by atoms with Crippen molar-refractivity contribution in [3.63, 3.8) is 0 Å². The van der Waals surface area contributed by atoms with Gasteiger partial charge in [-0.3, -0.25) is 4.99 Å². The molecule has 1 saturated carbocycles. The number of anilines is 1. The highest BCUT2D eigenvalue weighted by Gasteiger charge is 2.41. The molecule has 0 spiro atoms. The molecule has 2 N–H and O–H groups in total. The van der Waals surface area contributed by atoms with Gasteiger partial charge in [-0.05, 0) is 24.7 Å². The number of aliphatic imine (C=N–C) groups is 1. The lowest BCUT2D eigenvalue weighted by Crippen LogP contribution is -2.51. The van der Waals surface area contributed by atoms with Gasteiger partial charge in [-0.15, -0.1) is 35.3 Å². The van der Waals surface area contributed by atoms with Gasteiger partial charge in [-0.1, -0.05) is 13.3 Å². The Balaban J connectivity index is 0.00000176. The number of aromatic nitrogens is 1. The molecule has 2 fully saturated rings. The Labute approximate surface area is 154 Å². The minimum atomic E-state index is 0. The molecule has 2 heterocycles. The summed E-state index contributed by atoms with van der Waals surface area (Å²) in [5.41, 5.74) is 6.68. The summed E-state index contributed by atoms with van der Waals surface area (Å²) in [5.74, 6) is 0.733. The van der Waals surface area contributed by atoms with E-state index in [0.717, 1.165) is 43.8 Å². The zero-order valence-electron chi connectivity index (χ0n) is 13.2. The van der Waals surface area contributed by atoms with E-state index in [0.29, 0.717) is 5.41 Å². The van der Waals surface area contributed by atoms with Gasteiger partial charge in [-0.2, -0.15) is 0 Å². The molecule has 5 nitrogen and oxygen atoms in total. The number of nitrogens with two attached hydrogens (primary N) is 1. The number of hydrogen-bond acceptors (Lipinski definition) is 4. The van der Waals surface area contributed by atoms with Gasteiger partial charge >= 0.3 is 0 Å². The SMILES string of the molecule is CCCC1(CN=C(N)N2CCN(c3nccs3)CC2)CC1.I. The maximum atomic E-state index is 6.19. The van der Waals surface area contributed by atoms with Crippen LogP contribution in [0.5, 0.6) is 0 Å². The zero-order chi connectivity index (χ0) is 14.7. The van der Waals surface area contributed by atoms with Crippen molar-refractivity contribution in [2.24, 2.45) is 16.1 Å². The van der Waals surface area contributed by atoms with E-state index in [2.05, 4.69) is 26.7 Å². The molecule has 1 aliphatic carbocycles. The average Bonchev–Trinajstić information content (AvgIpc) is 3.06. The summed E-state index contributed by atoms with van der Waals surface area (Å²) in [4.78, 5) is 13.6. The summed E-state index contributed by atoms with van der Waals surface area (Å²) in [6, 6.07) is 0. The van der Waals surface area contributed by atoms with Crippen molar-refractivity contribution >= 4 is 46.4 Å². The first-order chi connectivity index (χ1) is 10.2. The largest absolute Gasteiger partial charge is 0.370 e. The zero-order valence-corrected chi connectivity index (χ0v) is 16.3. The number of hydrogen-bond donors (Lipinski definition) is 1. The van der Waals surface area contributed by atoms with Crippen molar-refractivity contribution in [2.75, 3.05) is 37.6 Å². The van der Waals surface area contributed by atoms with Gasteiger partial charge in [0, 0.05) is 44.3 Å². The number of nitrogens with zero attached hydrogens (tertiary/aromatic N) is 4. The van der Waals surface area contributed by atoms with Crippen LogP contribution < -0.4 is 10.6 Å². The number of halogens is 1. The Bertz CT molecular complexity index is 478. The molecule has 0 aromatic carbocycles. The molecular formula is C15H26IN5S. The molecule has 124 valence electrons. The number of rotatable bonds is 5. The highest BCUT2D eigenvalue weighted by Crippen LogP contribution is 2.49. The molecule has 0 amide bonds. The van der Waals surface area contributed by atoms with Crippen molar-refractivity contribution in [1.29, 1.82) is 0 Å². The van der Waals surface area contributed by atoms with Gasteiger partial charge < -0.3 is 15.5 Å². The summed E-state index contributed by atoms with van der Waals surface area (Å²) in [6.07, 6.45) is 7.07. The smallest absolute Gasteiger partial charge is 0.191 e. The summed E-state index contributed by atoms with van der Waals surface area (Å²) in [5, 5.41) is 3.14. The van der Waals surface area contributed by atoms with E-state index < -0.39 is 0 Å². The lowest BCUT2D eigenvalue weighted by molar-refractivity contribution is 0.377. The van der Waals surface area contributed by atoms with Crippen molar-refractivity contribution in [3.8, 4) is 0 Å². The van der Waals surface area contributed by atoms with Crippen LogP contribution in [-0.2, 0) is 0 Å². The summed E-state index contributed by atoms with van der Waals surface area (Å²) in [7, 11) is 0. The van der Waals surface area contributed by atoms with Gasteiger partial charge in [-0.25, -0.2) is 4.98 Å². The standard InChI is InChI=1S/C15H25N5S.HI/c1-2-3-15(4-5-15)12-18-13(16)19-7-9-20(10-8-19)14-17-6-11-21-14;/h6,11H,2-5,7-10,12H2,1H3,(H2,16,18);1H. The van der Waals surface area contributed by atoms with Crippen LogP contribution in [0.1, 0.15) is 32.6 Å². The van der Waals surface area contributed by atoms with E-state index in [4.69, 9.17) is 5.73 Å². The predicted molar refractivity (Wildman–Crippen MR) is 104 cm³/mol. The Kier molecular flexibility index (Phi) is 6.31. The summed E-state index contributed by atoms with van der Waals surface area (Å²) >= 11 is 1.70. The topological polar surface area (TPSA) is 57.8 Å². The number of thiazole rings is 1. The molecule has 1 aliphatic heterocycles. The van der Waals surface area contributed by atoms with Crippen LogP contribution in [0.15, 0.2) is 16.6 Å². The third-order valence-electron chi connectivity index (χ3n) is 4.61. The highest BCUT2D eigenvalue weighted by atomic mass is 127. The van der Waals surface area contributed by atoms with Crippen LogP contribution in [0.25, 0.3) is 0 Å². The Morgan fingerprint density at radius 1 is 1.36 bits per heavy atom. The fraction of sp³-hybridized carbons (Fsp3) is 0.733. The molecule has 22 heavy (non-hydrogen) atoms. The Hall–Kier alpha value is -0.570. The molecule has 3 rings (SSSR count). The molecule has 0 atom stereocenters. The third-order valence-corrected chi connectivity index (χ3v) is 5.44. The first kappa shape index (κ1) is 17.8. The van der Waals surface area contributed by atoms with Crippen molar-refractivity contribution in [1.82, 2.24) is 9.88 Å². The van der Waals surface area contributed by atoms with Gasteiger partial charge in [0.2, 0.25) is 0 Å². The maximum absolute atomic E-state index is 6.19. The monoisotopic (exact) mass is 435 g/mol. The van der Waals surface area contributed by atoms with E-state index in [1.54, 1.807) is 11.3 Å². The normalized spacial score (nSPS) is 20.7. The molecule has 0 unspecified atom stereocenters. The van der Waals surface area contributed by atoms with Crippen LogP contribution in [0.4, 0.5) is 5.13 Å². The van der Waals surface area contributed by atoms with Crippen LogP contribution in [0.2, 0.25) is 0 Å². The fourth-order valence-corrected chi connectivity index (χ4v) is 3.74. The molecular weight excluding hydrogens is 409 g/mol. The van der Waals surface area contributed by atoms with E-state index >= 15 is 0 Å². The van der Waals surface area contributed by atoms with Gasteiger partial charge in [0.05, 0.1) is 0 Å². The highest BCUT2D eigenvalue weighted by molar-refractivity contribution is 14.0. The third kappa shape index (κ3) is 4.24. The molecule has 1 saturated heterocycles. The van der Waals surface area contributed by atoms with Crippen LogP contribution in [0, 0.1) is 5.41 Å². The Morgan fingerprint density at radius 3 is 2.64 bits per heavy atom. The molecule has 0 bridgehead atoms. The van der Waals surface area contributed by atoms with Crippen LogP contribution >= 0.6 is 35.3 Å². The minimum absolute atomic E-state index is 0. The van der Waals surface area contributed by atoms with Crippen molar-refractivity contribution < 1.29 is 0 Å². The second-order valence-corrected chi connectivity index (χ2v) is 7.09. The maximum Gasteiger partial charge on any atom is 0.191 e. The van der Waals surface area contributed by atoms with E-state index in [1.807, 2.05) is 11.6 Å². The second-order valence-electron chi connectivity index (χ2n) is 6.21. The lowest BCUT2D eigenvalue weighted by atomic mass is 10.0. The fourth-order valence-electron chi connectivity index (χ4n) is 3.04. The first-order valence-electron chi connectivity index (χ1n) is 7.92. The Morgan fingerprint density at radius 2 is 2.09 bits per heavy atom. The van der Waals surface area contributed by atoms with Gasteiger partial charge in [0.25, 0.3) is 0 Å². The van der Waals surface area contributed by atoms with Crippen LogP contribution in [-0.4, -0.2) is 48.6 Å². The number of piperazine rings is 1. The second kappa shape index (κ2) is 7.81. The average molecular weight is 435 g/mol. The quantitative estimate of drug-likeness (QED) is 0.439. The van der Waals surface area contributed by atoms with E-state index in [1.165, 1.54) is 25.7 Å². The first-order valence-corrected chi connectivity index (χ1v) is 8.80. The van der Waals surface area contributed by atoms with Gasteiger partial charge in [0.15, 0.2) is 11.1 Å². The molecule has 0 radical (unpaired) electrons. The minimum Gasteiger partial charge on any atom is -0.370 e. The summed E-state index contributed by atoms with van der Waals surface area (Å²) < 4.78 is 0. The number of guanidine groups is 1. The van der Waals surface area contributed by atoms with E-state index in [-0.39, 0.29) is 24.0 Å². The molecule has 7 heteroatoms. The van der Waals surface area contributed by atoms with Crippen LogP contribution in [0.3, 0.4) is 0 Å². The lowest BCUT2D eigenvalue weighted by Gasteiger charge is -2.35. The van der Waals surface area contributed by atoms with Crippen molar-refractivity contribution in [3.05, 3.63) is 11.6 Å². The molecule has 1 aromatic heterocycles. The van der Waals surface area contributed by atoms with Crippen molar-refractivity contribution in [2.45, 2.75) is 32.6 Å².